The molecule has 6 heteroatoms. The Hall–Kier alpha value is -1.07. The molecule has 1 heterocycles. The van der Waals surface area contributed by atoms with Gasteiger partial charge in [-0.2, -0.15) is 4.98 Å². The smallest absolute Gasteiger partial charge is 0.320 e. The van der Waals surface area contributed by atoms with Crippen molar-refractivity contribution in [3.8, 4) is 0 Å². The van der Waals surface area contributed by atoms with Crippen molar-refractivity contribution < 1.29 is 8.91 Å². The summed E-state index contributed by atoms with van der Waals surface area (Å²) in [6.07, 6.45) is 0. The van der Waals surface area contributed by atoms with E-state index in [9.17, 15) is 4.39 Å². The van der Waals surface area contributed by atoms with Crippen molar-refractivity contribution in [2.24, 2.45) is 0 Å². The van der Waals surface area contributed by atoms with Gasteiger partial charge in [-0.05, 0) is 23.7 Å². The van der Waals surface area contributed by atoms with E-state index in [4.69, 9.17) is 11.6 Å². The summed E-state index contributed by atoms with van der Waals surface area (Å²) in [6, 6.07) is 6.52. The van der Waals surface area contributed by atoms with Gasteiger partial charge < -0.3 is 4.52 Å². The predicted molar refractivity (Wildman–Crippen MR) is 55.3 cm³/mol. The molecular formula is C9H6ClFN2OS. The van der Waals surface area contributed by atoms with E-state index in [2.05, 4.69) is 14.7 Å². The van der Waals surface area contributed by atoms with Crippen molar-refractivity contribution in [3.63, 3.8) is 0 Å². The fourth-order valence-corrected chi connectivity index (χ4v) is 1.91. The van der Waals surface area contributed by atoms with Gasteiger partial charge in [-0.25, -0.2) is 4.39 Å². The molecule has 0 saturated carbocycles. The first-order valence-electron chi connectivity index (χ1n) is 4.11. The molecule has 1 aromatic heterocycles. The van der Waals surface area contributed by atoms with E-state index in [1.807, 2.05) is 0 Å². The molecule has 0 unspecified atom stereocenters. The Morgan fingerprint density at radius 2 is 2.20 bits per heavy atom. The highest BCUT2D eigenvalue weighted by molar-refractivity contribution is 7.98. The summed E-state index contributed by atoms with van der Waals surface area (Å²) in [4.78, 5) is 4.35. The van der Waals surface area contributed by atoms with Crippen LogP contribution in [0, 0.1) is 5.82 Å². The molecule has 2 rings (SSSR count). The van der Waals surface area contributed by atoms with E-state index in [-0.39, 0.29) is 11.2 Å². The van der Waals surface area contributed by atoms with E-state index in [1.54, 1.807) is 18.2 Å². The molecule has 0 radical (unpaired) electrons. The second-order valence-corrected chi connectivity index (χ2v) is 4.02. The maximum atomic E-state index is 13.2. The molecule has 0 amide bonds. The van der Waals surface area contributed by atoms with Crippen LogP contribution in [-0.4, -0.2) is 10.1 Å². The zero-order chi connectivity index (χ0) is 10.7. The Balaban J connectivity index is 2.02. The second-order valence-electron chi connectivity index (χ2n) is 2.68. The van der Waals surface area contributed by atoms with Gasteiger partial charge in [0.15, 0.2) is 5.82 Å². The van der Waals surface area contributed by atoms with Gasteiger partial charge in [0.05, 0.1) is 5.75 Å². The van der Waals surface area contributed by atoms with Crippen LogP contribution in [0.1, 0.15) is 5.82 Å². The second kappa shape index (κ2) is 4.63. The average Bonchev–Trinajstić information content (AvgIpc) is 2.63. The van der Waals surface area contributed by atoms with Gasteiger partial charge in [0.1, 0.15) is 5.82 Å². The Bertz CT molecular complexity index is 463. The highest BCUT2D eigenvalue weighted by Gasteiger charge is 2.06. The maximum absolute atomic E-state index is 13.2. The SMILES string of the molecule is Fc1ccccc1SCc1noc(Cl)n1. The van der Waals surface area contributed by atoms with Crippen LogP contribution in [0.15, 0.2) is 33.7 Å². The molecule has 0 atom stereocenters. The normalized spacial score (nSPS) is 10.5. The quantitative estimate of drug-likeness (QED) is 0.778. The fourth-order valence-electron chi connectivity index (χ4n) is 0.995. The first-order valence-corrected chi connectivity index (χ1v) is 5.47. The third-order valence-electron chi connectivity index (χ3n) is 1.64. The number of benzene rings is 1. The lowest BCUT2D eigenvalue weighted by molar-refractivity contribution is 0.414. The van der Waals surface area contributed by atoms with Crippen molar-refractivity contribution in [3.05, 3.63) is 41.3 Å². The van der Waals surface area contributed by atoms with Crippen molar-refractivity contribution in [1.29, 1.82) is 0 Å². The lowest BCUT2D eigenvalue weighted by Gasteiger charge is -1.98. The average molecular weight is 245 g/mol. The zero-order valence-corrected chi connectivity index (χ0v) is 9.06. The van der Waals surface area contributed by atoms with Crippen LogP contribution in [0.5, 0.6) is 0 Å². The standard InChI is InChI=1S/C9H6ClFN2OS/c10-9-12-8(13-14-9)5-15-7-4-2-1-3-6(7)11/h1-4H,5H2. The molecule has 1 aromatic carbocycles. The molecule has 0 bridgehead atoms. The summed E-state index contributed by atoms with van der Waals surface area (Å²) in [5.41, 5.74) is 0. The number of hydrogen-bond donors (Lipinski definition) is 0. The van der Waals surface area contributed by atoms with E-state index < -0.39 is 0 Å². The van der Waals surface area contributed by atoms with Crippen LogP contribution in [-0.2, 0) is 5.75 Å². The minimum atomic E-state index is -0.253. The summed E-state index contributed by atoms with van der Waals surface area (Å²) < 4.78 is 17.8. The Kier molecular flexibility index (Phi) is 3.23. The summed E-state index contributed by atoms with van der Waals surface area (Å²) in [6.45, 7) is 0. The van der Waals surface area contributed by atoms with Crippen molar-refractivity contribution in [1.82, 2.24) is 10.1 Å². The fraction of sp³-hybridized carbons (Fsp3) is 0.111. The van der Waals surface area contributed by atoms with Gasteiger partial charge in [-0.3, -0.25) is 0 Å². The van der Waals surface area contributed by atoms with Crippen LogP contribution >= 0.6 is 23.4 Å². The van der Waals surface area contributed by atoms with Gasteiger partial charge in [-0.15, -0.1) is 11.8 Å². The molecule has 0 fully saturated rings. The van der Waals surface area contributed by atoms with Crippen LogP contribution in [0.4, 0.5) is 4.39 Å². The lowest BCUT2D eigenvalue weighted by atomic mass is 10.3. The monoisotopic (exact) mass is 244 g/mol. The first kappa shape index (κ1) is 10.4. The van der Waals surface area contributed by atoms with Gasteiger partial charge in [0, 0.05) is 4.90 Å². The molecular weight excluding hydrogens is 239 g/mol. The van der Waals surface area contributed by atoms with Crippen molar-refractivity contribution >= 4 is 23.4 Å². The Morgan fingerprint density at radius 3 is 2.87 bits per heavy atom. The number of thioether (sulfide) groups is 1. The maximum Gasteiger partial charge on any atom is 0.320 e. The largest absolute Gasteiger partial charge is 0.321 e. The van der Waals surface area contributed by atoms with E-state index in [0.29, 0.717) is 16.5 Å². The zero-order valence-electron chi connectivity index (χ0n) is 7.48. The number of nitrogens with zero attached hydrogens (tertiary/aromatic N) is 2. The van der Waals surface area contributed by atoms with Crippen LogP contribution in [0.3, 0.4) is 0 Å². The minimum absolute atomic E-state index is 0.000802. The van der Waals surface area contributed by atoms with Gasteiger partial charge >= 0.3 is 5.35 Å². The third-order valence-corrected chi connectivity index (χ3v) is 2.83. The number of rotatable bonds is 3. The Morgan fingerprint density at radius 1 is 1.40 bits per heavy atom. The number of aromatic nitrogens is 2. The molecule has 15 heavy (non-hydrogen) atoms. The Labute approximate surface area is 94.6 Å². The molecule has 78 valence electrons. The topological polar surface area (TPSA) is 38.9 Å². The molecule has 0 aliphatic heterocycles. The molecule has 0 spiro atoms. The summed E-state index contributed by atoms with van der Waals surface area (Å²) in [5, 5.41) is 3.60. The third kappa shape index (κ3) is 2.70. The van der Waals surface area contributed by atoms with E-state index in [0.717, 1.165) is 0 Å². The van der Waals surface area contributed by atoms with Crippen molar-refractivity contribution in [2.75, 3.05) is 0 Å². The summed E-state index contributed by atoms with van der Waals surface area (Å²) >= 11 is 6.74. The van der Waals surface area contributed by atoms with E-state index >= 15 is 0 Å². The molecule has 0 N–H and O–H groups in total. The molecule has 0 saturated heterocycles. The highest BCUT2D eigenvalue weighted by atomic mass is 35.5. The van der Waals surface area contributed by atoms with Crippen molar-refractivity contribution in [2.45, 2.75) is 10.6 Å². The number of hydrogen-bond acceptors (Lipinski definition) is 4. The van der Waals surface area contributed by atoms with Gasteiger partial charge in [-0.1, -0.05) is 17.3 Å². The van der Waals surface area contributed by atoms with Gasteiger partial charge in [0.25, 0.3) is 0 Å². The summed E-state index contributed by atoms with van der Waals surface area (Å²) in [5.74, 6) is 0.627. The number of halogens is 2. The minimum Gasteiger partial charge on any atom is -0.321 e. The van der Waals surface area contributed by atoms with E-state index in [1.165, 1.54) is 17.8 Å². The van der Waals surface area contributed by atoms with Crippen LogP contribution in [0.25, 0.3) is 0 Å². The molecule has 3 nitrogen and oxygen atoms in total. The lowest BCUT2D eigenvalue weighted by Crippen LogP contribution is -1.85. The van der Waals surface area contributed by atoms with Crippen LogP contribution < -0.4 is 0 Å². The highest BCUT2D eigenvalue weighted by Crippen LogP contribution is 2.24. The molecule has 2 aromatic rings. The predicted octanol–water partition coefficient (Wildman–Crippen LogP) is 3.15. The summed E-state index contributed by atoms with van der Waals surface area (Å²) in [7, 11) is 0. The molecule has 0 aliphatic carbocycles. The molecule has 0 aliphatic rings. The van der Waals surface area contributed by atoms with Gasteiger partial charge in [0.2, 0.25) is 0 Å². The van der Waals surface area contributed by atoms with Crippen LogP contribution in [0.2, 0.25) is 5.35 Å². The first-order chi connectivity index (χ1) is 7.25.